The van der Waals surface area contributed by atoms with E-state index >= 15 is 0 Å². The van der Waals surface area contributed by atoms with Crippen molar-refractivity contribution in [2.75, 3.05) is 13.7 Å². The second kappa shape index (κ2) is 7.71. The summed E-state index contributed by atoms with van der Waals surface area (Å²) in [7, 11) is 1.71. The average molecular weight is 280 g/mol. The third-order valence-corrected chi connectivity index (χ3v) is 2.73. The van der Waals surface area contributed by atoms with Crippen LogP contribution < -0.4 is 5.73 Å². The second-order valence-corrected chi connectivity index (χ2v) is 3.89. The van der Waals surface area contributed by atoms with Gasteiger partial charge in [0.25, 0.3) is 0 Å². The predicted molar refractivity (Wildman–Crippen MR) is 73.8 cm³/mol. The molecular formula is C11H19Cl2N3O. The number of aromatic nitrogens is 2. The molecule has 2 rings (SSSR count). The van der Waals surface area contributed by atoms with Crippen molar-refractivity contribution in [1.82, 2.24) is 9.55 Å². The van der Waals surface area contributed by atoms with Crippen LogP contribution in [0.4, 0.5) is 0 Å². The van der Waals surface area contributed by atoms with Gasteiger partial charge in [0, 0.05) is 19.7 Å². The Morgan fingerprint density at radius 3 is 2.88 bits per heavy atom. The van der Waals surface area contributed by atoms with Crippen molar-refractivity contribution >= 4 is 30.4 Å². The Balaban J connectivity index is 0.00000128. The molecule has 2 N–H and O–H groups in total. The van der Waals surface area contributed by atoms with Gasteiger partial charge < -0.3 is 15.0 Å². The molecule has 0 radical (unpaired) electrons. The molecule has 1 aliphatic carbocycles. The molecule has 0 amide bonds. The van der Waals surface area contributed by atoms with E-state index in [0.717, 1.165) is 19.4 Å². The van der Waals surface area contributed by atoms with Gasteiger partial charge in [-0.1, -0.05) is 6.08 Å². The number of methoxy groups -OCH3 is 1. The minimum atomic E-state index is 0. The lowest BCUT2D eigenvalue weighted by molar-refractivity contribution is 0.187. The van der Waals surface area contributed by atoms with Gasteiger partial charge in [0.05, 0.1) is 24.8 Å². The third-order valence-electron chi connectivity index (χ3n) is 2.73. The van der Waals surface area contributed by atoms with E-state index in [2.05, 4.69) is 15.6 Å². The summed E-state index contributed by atoms with van der Waals surface area (Å²) in [5, 5.41) is 0. The molecule has 1 heterocycles. The van der Waals surface area contributed by atoms with Gasteiger partial charge in [-0.05, 0) is 18.4 Å². The number of halogens is 2. The Hall–Kier alpha value is -0.550. The lowest BCUT2D eigenvalue weighted by Gasteiger charge is -2.08. The number of nitrogens with zero attached hydrogens (tertiary/aromatic N) is 2. The van der Waals surface area contributed by atoms with Gasteiger partial charge in [0.1, 0.15) is 0 Å². The summed E-state index contributed by atoms with van der Waals surface area (Å²) in [5.74, 6) is 0. The van der Waals surface area contributed by atoms with E-state index in [4.69, 9.17) is 10.5 Å². The SMILES string of the molecule is COCCn1cncc1C1=CCC(N)C1.Cl.Cl. The largest absolute Gasteiger partial charge is 0.383 e. The molecule has 17 heavy (non-hydrogen) atoms. The second-order valence-electron chi connectivity index (χ2n) is 3.89. The molecule has 0 aliphatic heterocycles. The molecule has 0 bridgehead atoms. The molecule has 4 nitrogen and oxygen atoms in total. The zero-order valence-corrected chi connectivity index (χ0v) is 11.5. The van der Waals surface area contributed by atoms with Gasteiger partial charge in [-0.3, -0.25) is 0 Å². The minimum absolute atomic E-state index is 0. The summed E-state index contributed by atoms with van der Waals surface area (Å²) < 4.78 is 7.18. The van der Waals surface area contributed by atoms with Crippen LogP contribution in [0.3, 0.4) is 0 Å². The first-order valence-corrected chi connectivity index (χ1v) is 5.25. The molecule has 1 aliphatic rings. The first-order chi connectivity index (χ1) is 7.31. The van der Waals surface area contributed by atoms with Crippen molar-refractivity contribution in [3.8, 4) is 0 Å². The normalized spacial score (nSPS) is 18.2. The molecule has 0 saturated heterocycles. The maximum atomic E-state index is 5.87. The summed E-state index contributed by atoms with van der Waals surface area (Å²) in [5.41, 5.74) is 8.37. The summed E-state index contributed by atoms with van der Waals surface area (Å²) in [6, 6.07) is 0.283. The first-order valence-electron chi connectivity index (χ1n) is 5.25. The van der Waals surface area contributed by atoms with Gasteiger partial charge >= 0.3 is 0 Å². The number of imidazole rings is 1. The predicted octanol–water partition coefficient (Wildman–Crippen LogP) is 1.88. The Morgan fingerprint density at radius 1 is 1.53 bits per heavy atom. The van der Waals surface area contributed by atoms with Crippen LogP contribution >= 0.6 is 24.8 Å². The monoisotopic (exact) mass is 279 g/mol. The zero-order valence-electron chi connectivity index (χ0n) is 9.83. The van der Waals surface area contributed by atoms with Crippen molar-refractivity contribution in [2.24, 2.45) is 5.73 Å². The van der Waals surface area contributed by atoms with Gasteiger partial charge in [-0.25, -0.2) is 4.98 Å². The first kappa shape index (κ1) is 16.4. The van der Waals surface area contributed by atoms with Crippen LogP contribution in [0.15, 0.2) is 18.6 Å². The van der Waals surface area contributed by atoms with Crippen LogP contribution in [0, 0.1) is 0 Å². The standard InChI is InChI=1S/C11H17N3O.2ClH/c1-15-5-4-14-8-13-7-11(14)9-2-3-10(12)6-9;;/h2,7-8,10H,3-6,12H2,1H3;2*1H. The van der Waals surface area contributed by atoms with Crippen molar-refractivity contribution in [3.05, 3.63) is 24.3 Å². The number of ether oxygens (including phenoxy) is 1. The maximum absolute atomic E-state index is 5.87. The van der Waals surface area contributed by atoms with E-state index in [9.17, 15) is 0 Å². The highest BCUT2D eigenvalue weighted by molar-refractivity contribution is 5.85. The summed E-state index contributed by atoms with van der Waals surface area (Å²) in [6.07, 6.45) is 7.90. The highest BCUT2D eigenvalue weighted by Gasteiger charge is 2.16. The van der Waals surface area contributed by atoms with E-state index in [1.807, 2.05) is 12.5 Å². The highest BCUT2D eigenvalue weighted by atomic mass is 35.5. The summed E-state index contributed by atoms with van der Waals surface area (Å²) in [6.45, 7) is 1.56. The lowest BCUT2D eigenvalue weighted by atomic mass is 10.1. The highest BCUT2D eigenvalue weighted by Crippen LogP contribution is 2.26. The lowest BCUT2D eigenvalue weighted by Crippen LogP contribution is -2.15. The molecule has 1 atom stereocenters. The smallest absolute Gasteiger partial charge is 0.0951 e. The fourth-order valence-electron chi connectivity index (χ4n) is 1.91. The van der Waals surface area contributed by atoms with E-state index < -0.39 is 0 Å². The van der Waals surface area contributed by atoms with Crippen LogP contribution in [-0.4, -0.2) is 29.3 Å². The van der Waals surface area contributed by atoms with E-state index in [-0.39, 0.29) is 30.9 Å². The molecule has 0 aromatic carbocycles. The Kier molecular flexibility index (Phi) is 7.46. The van der Waals surface area contributed by atoms with Gasteiger partial charge in [0.2, 0.25) is 0 Å². The van der Waals surface area contributed by atoms with Gasteiger partial charge in [0.15, 0.2) is 0 Å². The molecule has 98 valence electrons. The van der Waals surface area contributed by atoms with Crippen molar-refractivity contribution in [2.45, 2.75) is 25.4 Å². The molecule has 1 aromatic heterocycles. The molecule has 0 fully saturated rings. The molecule has 1 aromatic rings. The number of hydrogen-bond acceptors (Lipinski definition) is 3. The quantitative estimate of drug-likeness (QED) is 0.916. The third kappa shape index (κ3) is 4.00. The molecular weight excluding hydrogens is 261 g/mol. The Morgan fingerprint density at radius 2 is 2.29 bits per heavy atom. The average Bonchev–Trinajstić information content (AvgIpc) is 2.82. The maximum Gasteiger partial charge on any atom is 0.0951 e. The van der Waals surface area contributed by atoms with Gasteiger partial charge in [-0.15, -0.1) is 24.8 Å². The molecule has 6 heteroatoms. The van der Waals surface area contributed by atoms with E-state index in [1.165, 1.54) is 11.3 Å². The molecule has 0 spiro atoms. The summed E-state index contributed by atoms with van der Waals surface area (Å²) in [4.78, 5) is 4.17. The van der Waals surface area contributed by atoms with Crippen molar-refractivity contribution in [3.63, 3.8) is 0 Å². The Bertz CT molecular complexity index is 365. The van der Waals surface area contributed by atoms with Gasteiger partial charge in [-0.2, -0.15) is 0 Å². The van der Waals surface area contributed by atoms with Crippen LogP contribution in [0.1, 0.15) is 18.5 Å². The molecule has 1 unspecified atom stereocenters. The van der Waals surface area contributed by atoms with Crippen LogP contribution in [0.25, 0.3) is 5.57 Å². The van der Waals surface area contributed by atoms with Crippen LogP contribution in [-0.2, 0) is 11.3 Å². The Labute approximate surface area is 114 Å². The van der Waals surface area contributed by atoms with Crippen LogP contribution in [0.2, 0.25) is 0 Å². The van der Waals surface area contributed by atoms with Crippen LogP contribution in [0.5, 0.6) is 0 Å². The number of hydrogen-bond donors (Lipinski definition) is 1. The van der Waals surface area contributed by atoms with Crippen molar-refractivity contribution < 1.29 is 4.74 Å². The van der Waals surface area contributed by atoms with E-state index in [0.29, 0.717) is 6.61 Å². The van der Waals surface area contributed by atoms with Crippen molar-refractivity contribution in [1.29, 1.82) is 0 Å². The topological polar surface area (TPSA) is 53.1 Å². The molecule has 0 saturated carbocycles. The fraction of sp³-hybridized carbons (Fsp3) is 0.545. The van der Waals surface area contributed by atoms with E-state index in [1.54, 1.807) is 7.11 Å². The summed E-state index contributed by atoms with van der Waals surface area (Å²) >= 11 is 0. The minimum Gasteiger partial charge on any atom is -0.383 e. The fourth-order valence-corrected chi connectivity index (χ4v) is 1.91. The zero-order chi connectivity index (χ0) is 10.7. The number of rotatable bonds is 4. The number of nitrogens with two attached hydrogens (primary N) is 1.